The first-order valence-electron chi connectivity index (χ1n) is 11.2. The zero-order valence-corrected chi connectivity index (χ0v) is 20.7. The van der Waals surface area contributed by atoms with E-state index >= 15 is 0 Å². The van der Waals surface area contributed by atoms with E-state index in [4.69, 9.17) is 4.74 Å². The zero-order valence-electron chi connectivity index (χ0n) is 20.7. The van der Waals surface area contributed by atoms with Crippen molar-refractivity contribution in [3.8, 4) is 0 Å². The molecule has 1 atom stereocenters. The van der Waals surface area contributed by atoms with E-state index in [1.807, 2.05) is 38.8 Å². The molecule has 0 aliphatic carbocycles. The molecule has 0 aromatic heterocycles. The lowest BCUT2D eigenvalue weighted by Crippen LogP contribution is -2.43. The summed E-state index contributed by atoms with van der Waals surface area (Å²) in [6, 6.07) is 0. The van der Waals surface area contributed by atoms with Crippen LogP contribution in [0, 0.1) is 11.8 Å². The van der Waals surface area contributed by atoms with E-state index in [0.29, 0.717) is 30.5 Å². The van der Waals surface area contributed by atoms with E-state index in [0.717, 1.165) is 29.7 Å². The lowest BCUT2D eigenvalue weighted by molar-refractivity contribution is -0.131. The molecule has 1 aliphatic heterocycles. The number of carbonyl (C=O) groups is 1. The van der Waals surface area contributed by atoms with Crippen molar-refractivity contribution in [2.75, 3.05) is 13.1 Å². The summed E-state index contributed by atoms with van der Waals surface area (Å²) in [6.07, 6.45) is 3.51. The van der Waals surface area contributed by atoms with Gasteiger partial charge in [0, 0.05) is 12.8 Å². The van der Waals surface area contributed by atoms with Crippen molar-refractivity contribution in [1.82, 2.24) is 4.90 Å². The molecule has 1 rings (SSSR count). The summed E-state index contributed by atoms with van der Waals surface area (Å²) >= 11 is 0. The molecule has 0 aromatic rings. The van der Waals surface area contributed by atoms with Crippen LogP contribution in [-0.2, 0) is 9.53 Å². The van der Waals surface area contributed by atoms with Gasteiger partial charge in [-0.05, 0) is 76.0 Å². The average Bonchev–Trinajstić information content (AvgIpc) is 2.63. The predicted octanol–water partition coefficient (Wildman–Crippen LogP) is 5.62. The Balaban J connectivity index is 3.32. The van der Waals surface area contributed by atoms with Gasteiger partial charge in [-0.3, -0.25) is 9.79 Å². The van der Waals surface area contributed by atoms with E-state index in [1.165, 1.54) is 5.57 Å². The van der Waals surface area contributed by atoms with Gasteiger partial charge in [0.15, 0.2) is 5.76 Å². The molecular weight excluding hydrogens is 376 g/mol. The minimum absolute atomic E-state index is 0.153. The molecule has 0 fully saturated rings. The monoisotopic (exact) mass is 418 g/mol. The largest absolute Gasteiger partial charge is 0.453 e. The van der Waals surface area contributed by atoms with Crippen molar-refractivity contribution in [3.63, 3.8) is 0 Å². The molecule has 0 radical (unpaired) electrons. The highest BCUT2D eigenvalue weighted by atomic mass is 16.5. The number of amides is 1. The minimum atomic E-state index is -1.17. The SMILES string of the molecule is CCC=NC1=C(C(C)C)C(C)CN(C(=O)C(O/C(=C(/C)CC)C(C)(C)O)=C(C)C)C1. The second kappa shape index (κ2) is 10.9. The van der Waals surface area contributed by atoms with Gasteiger partial charge < -0.3 is 14.7 Å². The van der Waals surface area contributed by atoms with Crippen LogP contribution in [0.4, 0.5) is 0 Å². The van der Waals surface area contributed by atoms with Gasteiger partial charge in [0.1, 0.15) is 11.4 Å². The Bertz CT molecular complexity index is 745. The summed E-state index contributed by atoms with van der Waals surface area (Å²) in [6.45, 7) is 20.7. The van der Waals surface area contributed by atoms with Gasteiger partial charge in [-0.2, -0.15) is 0 Å². The van der Waals surface area contributed by atoms with Crippen LogP contribution >= 0.6 is 0 Å². The molecule has 0 bridgehead atoms. The third kappa shape index (κ3) is 6.56. The molecule has 1 N–H and O–H groups in total. The Labute approximate surface area is 183 Å². The third-order valence-corrected chi connectivity index (χ3v) is 5.36. The molecule has 5 heteroatoms. The van der Waals surface area contributed by atoms with Gasteiger partial charge in [0.05, 0.1) is 12.2 Å². The summed E-state index contributed by atoms with van der Waals surface area (Å²) in [5.41, 5.74) is 2.85. The molecule has 1 heterocycles. The fourth-order valence-corrected chi connectivity index (χ4v) is 3.92. The first-order valence-corrected chi connectivity index (χ1v) is 11.2. The third-order valence-electron chi connectivity index (χ3n) is 5.36. The molecule has 0 saturated heterocycles. The van der Waals surface area contributed by atoms with Gasteiger partial charge in [0.25, 0.3) is 5.91 Å². The Kier molecular flexibility index (Phi) is 9.54. The van der Waals surface area contributed by atoms with Crippen molar-refractivity contribution in [2.24, 2.45) is 16.8 Å². The van der Waals surface area contributed by atoms with E-state index in [1.54, 1.807) is 13.8 Å². The molecule has 1 unspecified atom stereocenters. The van der Waals surface area contributed by atoms with Gasteiger partial charge in [-0.1, -0.05) is 34.6 Å². The van der Waals surface area contributed by atoms with Gasteiger partial charge in [-0.25, -0.2) is 0 Å². The quantitative estimate of drug-likeness (QED) is 0.316. The topological polar surface area (TPSA) is 62.1 Å². The average molecular weight is 419 g/mol. The van der Waals surface area contributed by atoms with Crippen LogP contribution in [-0.4, -0.2) is 40.8 Å². The number of nitrogens with zero attached hydrogens (tertiary/aromatic N) is 2. The lowest BCUT2D eigenvalue weighted by atomic mass is 9.86. The van der Waals surface area contributed by atoms with Gasteiger partial charge >= 0.3 is 0 Å². The molecule has 0 aromatic carbocycles. The second-order valence-corrected chi connectivity index (χ2v) is 9.32. The second-order valence-electron chi connectivity index (χ2n) is 9.32. The van der Waals surface area contributed by atoms with Crippen molar-refractivity contribution in [1.29, 1.82) is 0 Å². The first-order chi connectivity index (χ1) is 13.8. The Hall–Kier alpha value is -1.88. The number of carbonyl (C=O) groups excluding carboxylic acids is 1. The summed E-state index contributed by atoms with van der Waals surface area (Å²) in [4.78, 5) is 20.0. The Morgan fingerprint density at radius 2 is 1.90 bits per heavy atom. The summed E-state index contributed by atoms with van der Waals surface area (Å²) < 4.78 is 6.13. The number of ether oxygens (including phenoxy) is 1. The fraction of sp³-hybridized carbons (Fsp3) is 0.680. The van der Waals surface area contributed by atoms with Crippen molar-refractivity contribution in [3.05, 3.63) is 33.9 Å². The predicted molar refractivity (Wildman–Crippen MR) is 125 cm³/mol. The molecule has 170 valence electrons. The van der Waals surface area contributed by atoms with E-state index in [-0.39, 0.29) is 11.8 Å². The van der Waals surface area contributed by atoms with Crippen LogP contribution in [0.1, 0.15) is 82.1 Å². The highest BCUT2D eigenvalue weighted by Crippen LogP contribution is 2.32. The van der Waals surface area contributed by atoms with Gasteiger partial charge in [0.2, 0.25) is 0 Å². The van der Waals surface area contributed by atoms with Crippen LogP contribution < -0.4 is 0 Å². The minimum Gasteiger partial charge on any atom is -0.453 e. The molecule has 0 spiro atoms. The summed E-state index contributed by atoms with van der Waals surface area (Å²) in [5, 5.41) is 10.6. The number of allylic oxidation sites excluding steroid dienone is 2. The van der Waals surface area contributed by atoms with Crippen molar-refractivity contribution < 1.29 is 14.6 Å². The first kappa shape index (κ1) is 26.2. The van der Waals surface area contributed by atoms with Crippen LogP contribution in [0.5, 0.6) is 0 Å². The maximum Gasteiger partial charge on any atom is 0.289 e. The zero-order chi connectivity index (χ0) is 23.2. The van der Waals surface area contributed by atoms with Crippen molar-refractivity contribution >= 4 is 12.1 Å². The normalized spacial score (nSPS) is 18.8. The fourth-order valence-electron chi connectivity index (χ4n) is 3.92. The number of rotatable bonds is 8. The highest BCUT2D eigenvalue weighted by Gasteiger charge is 2.33. The maximum atomic E-state index is 13.5. The Morgan fingerprint density at radius 1 is 1.30 bits per heavy atom. The summed E-state index contributed by atoms with van der Waals surface area (Å²) in [5.74, 6) is 1.20. The number of aliphatic hydroxyl groups is 1. The maximum absolute atomic E-state index is 13.5. The van der Waals surface area contributed by atoms with E-state index in [2.05, 4.69) is 32.7 Å². The summed E-state index contributed by atoms with van der Waals surface area (Å²) in [7, 11) is 0. The van der Waals surface area contributed by atoms with Crippen molar-refractivity contribution in [2.45, 2.75) is 87.7 Å². The molecule has 1 aliphatic rings. The number of aliphatic imine (C=N–C) groups is 1. The molecular formula is C25H42N2O3. The van der Waals surface area contributed by atoms with Gasteiger partial charge in [-0.15, -0.1) is 0 Å². The highest BCUT2D eigenvalue weighted by molar-refractivity contribution is 5.92. The molecule has 1 amide bonds. The van der Waals surface area contributed by atoms with E-state index in [9.17, 15) is 9.90 Å². The smallest absolute Gasteiger partial charge is 0.289 e. The van der Waals surface area contributed by atoms with Crippen LogP contribution in [0.25, 0.3) is 0 Å². The van der Waals surface area contributed by atoms with Crippen LogP contribution in [0.2, 0.25) is 0 Å². The number of hydrogen-bond acceptors (Lipinski definition) is 4. The van der Waals surface area contributed by atoms with Crippen LogP contribution in [0.15, 0.2) is 38.9 Å². The molecule has 5 nitrogen and oxygen atoms in total. The van der Waals surface area contributed by atoms with Crippen LogP contribution in [0.3, 0.4) is 0 Å². The standard InChI is InChI=1S/C25H42N2O3/c1-11-13-26-20-15-27(14-19(8)21(20)16(3)4)24(28)22(17(5)6)30-23(18(7)12-2)25(9,10)29/h13,16,19,29H,11-12,14-15H2,1-10H3/b23-18-,26-13?. The molecule has 30 heavy (non-hydrogen) atoms. The van der Waals surface area contributed by atoms with E-state index < -0.39 is 5.60 Å². The number of hydrogen-bond donors (Lipinski definition) is 1. The lowest BCUT2D eigenvalue weighted by Gasteiger charge is -2.36. The Morgan fingerprint density at radius 3 is 2.33 bits per heavy atom. The molecule has 0 saturated carbocycles.